The van der Waals surface area contributed by atoms with Crippen LogP contribution in [0.1, 0.15) is 91.7 Å². The summed E-state index contributed by atoms with van der Waals surface area (Å²) in [6, 6.07) is 8.46. The van der Waals surface area contributed by atoms with Crippen LogP contribution in [0.15, 0.2) is 30.5 Å². The lowest BCUT2D eigenvalue weighted by atomic mass is 9.62. The summed E-state index contributed by atoms with van der Waals surface area (Å²) in [5.41, 5.74) is 7.29. The third-order valence-corrected chi connectivity index (χ3v) is 6.96. The van der Waals surface area contributed by atoms with Gasteiger partial charge in [-0.3, -0.25) is 4.98 Å². The Morgan fingerprint density at radius 3 is 1.93 bits per heavy atom. The molecule has 1 fully saturated rings. The average Bonchev–Trinajstić information content (AvgIpc) is 3.48. The highest BCUT2D eigenvalue weighted by Crippen LogP contribution is 2.56. The third kappa shape index (κ3) is 4.11. The minimum atomic E-state index is -0.923. The van der Waals surface area contributed by atoms with Crippen molar-refractivity contribution in [3.05, 3.63) is 64.0 Å². The first-order valence-electron chi connectivity index (χ1n) is 10.5. The number of benzene rings is 1. The minimum absolute atomic E-state index is 0.0478. The molecule has 4 rings (SSSR count). The maximum atomic E-state index is 11.2. The van der Waals surface area contributed by atoms with E-state index in [-0.39, 0.29) is 27.1 Å². The molecule has 2 aromatic rings. The summed E-state index contributed by atoms with van der Waals surface area (Å²) in [6.07, 6.45) is 6.08. The molecule has 1 N–H and O–H groups in total. The lowest BCUT2D eigenvalue weighted by Gasteiger charge is -2.43. The van der Waals surface area contributed by atoms with E-state index in [4.69, 9.17) is 28.3 Å². The fourth-order valence-corrected chi connectivity index (χ4v) is 4.83. The van der Waals surface area contributed by atoms with Gasteiger partial charge in [0.15, 0.2) is 0 Å². The average molecular weight is 448 g/mol. The third-order valence-electron chi connectivity index (χ3n) is 6.96. The smallest absolute Gasteiger partial charge is 0.337 e. The van der Waals surface area contributed by atoms with Gasteiger partial charge < -0.3 is 5.11 Å². The molecule has 0 bridgehead atoms. The van der Waals surface area contributed by atoms with Gasteiger partial charge >= 0.3 is 5.97 Å². The van der Waals surface area contributed by atoms with E-state index in [9.17, 15) is 4.79 Å². The van der Waals surface area contributed by atoms with E-state index in [2.05, 4.69) is 51.7 Å². The Balaban J connectivity index is 0.000000806. The Morgan fingerprint density at radius 1 is 0.967 bits per heavy atom. The maximum absolute atomic E-state index is 11.2. The monoisotopic (exact) mass is 447 g/mol. The standard InChI is InChI=1S/C24H29NO2.CH2Cl2/c1-15-12-18-19(23(4,5)9-8-22(18,2)3)13-17(15)24(10-11-24)20-7-6-16(14-25-20)21(26)27;2-1-3/h6-7,12-14H,8-11H2,1-5H3,(H,26,27);1H2. The molecule has 0 amide bonds. The summed E-state index contributed by atoms with van der Waals surface area (Å²) in [5.74, 6) is -0.923. The quantitative estimate of drug-likeness (QED) is 0.518. The molecule has 3 nitrogen and oxygen atoms in total. The van der Waals surface area contributed by atoms with E-state index in [1.807, 2.05) is 6.07 Å². The summed E-state index contributed by atoms with van der Waals surface area (Å²) in [7, 11) is 0. The highest BCUT2D eigenvalue weighted by molar-refractivity contribution is 6.40. The molecule has 162 valence electrons. The van der Waals surface area contributed by atoms with Crippen LogP contribution in [0.4, 0.5) is 0 Å². The zero-order valence-electron chi connectivity index (χ0n) is 18.5. The fourth-order valence-electron chi connectivity index (χ4n) is 4.83. The van der Waals surface area contributed by atoms with Crippen LogP contribution in [0.2, 0.25) is 0 Å². The van der Waals surface area contributed by atoms with E-state index in [0.29, 0.717) is 0 Å². The summed E-state index contributed by atoms with van der Waals surface area (Å²) in [4.78, 5) is 15.7. The van der Waals surface area contributed by atoms with Gasteiger partial charge in [0.05, 0.1) is 16.6 Å². The number of alkyl halides is 2. The van der Waals surface area contributed by atoms with Crippen LogP contribution >= 0.6 is 23.2 Å². The number of aromatic carboxylic acids is 1. The predicted octanol–water partition coefficient (Wildman–Crippen LogP) is 6.94. The first-order chi connectivity index (χ1) is 14.0. The van der Waals surface area contributed by atoms with Crippen LogP contribution in [-0.2, 0) is 16.2 Å². The number of fused-ring (bicyclic) bond motifs is 1. The van der Waals surface area contributed by atoms with Gasteiger partial charge in [-0.15, -0.1) is 23.2 Å². The fraction of sp³-hybridized carbons (Fsp3) is 0.520. The Hall–Kier alpha value is -1.58. The first-order valence-corrected chi connectivity index (χ1v) is 11.5. The number of carboxylic acids is 1. The van der Waals surface area contributed by atoms with Crippen molar-refractivity contribution in [2.45, 2.75) is 76.5 Å². The number of carboxylic acid groups (broad SMARTS) is 1. The summed E-state index contributed by atoms with van der Waals surface area (Å²) in [5, 5.41) is 9.35. The van der Waals surface area contributed by atoms with Crippen molar-refractivity contribution in [3.63, 3.8) is 0 Å². The van der Waals surface area contributed by atoms with Gasteiger partial charge in [-0.25, -0.2) is 4.79 Å². The van der Waals surface area contributed by atoms with E-state index in [1.165, 1.54) is 41.3 Å². The Bertz CT molecular complexity index is 944. The number of nitrogens with zero attached hydrogens (tertiary/aromatic N) is 1. The van der Waals surface area contributed by atoms with Gasteiger partial charge in [-0.1, -0.05) is 39.8 Å². The highest BCUT2D eigenvalue weighted by Gasteiger charge is 2.49. The Morgan fingerprint density at radius 2 is 1.50 bits per heavy atom. The largest absolute Gasteiger partial charge is 0.478 e. The molecular weight excluding hydrogens is 417 g/mol. The van der Waals surface area contributed by atoms with Gasteiger partial charge in [0.25, 0.3) is 0 Å². The molecule has 1 heterocycles. The topological polar surface area (TPSA) is 50.2 Å². The van der Waals surface area contributed by atoms with Crippen molar-refractivity contribution in [2.75, 3.05) is 5.34 Å². The zero-order chi connectivity index (χ0) is 22.3. The van der Waals surface area contributed by atoms with Crippen molar-refractivity contribution in [3.8, 4) is 0 Å². The van der Waals surface area contributed by atoms with Crippen molar-refractivity contribution >= 4 is 29.2 Å². The molecule has 2 aliphatic rings. The molecule has 0 spiro atoms. The second-order valence-electron chi connectivity index (χ2n) is 9.90. The van der Waals surface area contributed by atoms with Crippen molar-refractivity contribution < 1.29 is 9.90 Å². The molecule has 0 atom stereocenters. The number of carbonyl (C=O) groups is 1. The van der Waals surface area contributed by atoms with Crippen molar-refractivity contribution in [1.82, 2.24) is 4.98 Å². The van der Waals surface area contributed by atoms with Crippen LogP contribution in [0.25, 0.3) is 0 Å². The van der Waals surface area contributed by atoms with Gasteiger partial charge in [0.2, 0.25) is 0 Å². The number of hydrogen-bond acceptors (Lipinski definition) is 2. The Labute approximate surface area is 189 Å². The van der Waals surface area contributed by atoms with Crippen LogP contribution in [0.5, 0.6) is 0 Å². The second kappa shape index (κ2) is 8.16. The first kappa shape index (κ1) is 23.1. The number of aromatic nitrogens is 1. The number of halogens is 2. The molecule has 0 aliphatic heterocycles. The van der Waals surface area contributed by atoms with E-state index in [0.717, 1.165) is 18.5 Å². The van der Waals surface area contributed by atoms with Crippen LogP contribution < -0.4 is 0 Å². The summed E-state index contributed by atoms with van der Waals surface area (Å²) >= 11 is 9.53. The number of pyridine rings is 1. The number of rotatable bonds is 3. The molecule has 30 heavy (non-hydrogen) atoms. The molecule has 0 radical (unpaired) electrons. The Kier molecular flexibility index (Phi) is 6.28. The van der Waals surface area contributed by atoms with E-state index in [1.54, 1.807) is 6.07 Å². The second-order valence-corrected chi connectivity index (χ2v) is 10.7. The number of hydrogen-bond donors (Lipinski definition) is 1. The van der Waals surface area contributed by atoms with Gasteiger partial charge in [0.1, 0.15) is 0 Å². The molecule has 1 aromatic heterocycles. The zero-order valence-corrected chi connectivity index (χ0v) is 20.0. The van der Waals surface area contributed by atoms with Crippen LogP contribution in [0.3, 0.4) is 0 Å². The van der Waals surface area contributed by atoms with Crippen LogP contribution in [0, 0.1) is 6.92 Å². The van der Waals surface area contributed by atoms with Crippen molar-refractivity contribution in [2.24, 2.45) is 0 Å². The van der Waals surface area contributed by atoms with Gasteiger partial charge in [0, 0.05) is 11.6 Å². The predicted molar refractivity (Wildman–Crippen MR) is 124 cm³/mol. The van der Waals surface area contributed by atoms with Crippen molar-refractivity contribution in [1.29, 1.82) is 0 Å². The number of aryl methyl sites for hydroxylation is 1. The normalized spacial score (nSPS) is 19.8. The summed E-state index contributed by atoms with van der Waals surface area (Å²) < 4.78 is 0. The SMILES string of the molecule is Cc1cc2c(cc1C1(c3ccc(C(=O)O)cn3)CC1)C(C)(C)CCC2(C)C.ClCCl. The maximum Gasteiger partial charge on any atom is 0.337 e. The molecule has 0 saturated heterocycles. The molecule has 2 aliphatic carbocycles. The highest BCUT2D eigenvalue weighted by atomic mass is 35.5. The lowest BCUT2D eigenvalue weighted by molar-refractivity contribution is 0.0696. The van der Waals surface area contributed by atoms with Crippen LogP contribution in [-0.4, -0.2) is 21.4 Å². The molecule has 1 aromatic carbocycles. The van der Waals surface area contributed by atoms with E-state index < -0.39 is 5.97 Å². The molecule has 5 heteroatoms. The molecular formula is C25H31Cl2NO2. The molecule has 0 unspecified atom stereocenters. The minimum Gasteiger partial charge on any atom is -0.478 e. The van der Waals surface area contributed by atoms with Gasteiger partial charge in [-0.2, -0.15) is 0 Å². The summed E-state index contributed by atoms with van der Waals surface area (Å²) in [6.45, 7) is 11.7. The van der Waals surface area contributed by atoms with E-state index >= 15 is 0 Å². The van der Waals surface area contributed by atoms with Gasteiger partial charge in [-0.05, 0) is 77.8 Å². The lowest BCUT2D eigenvalue weighted by Crippen LogP contribution is -2.34. The molecule has 1 saturated carbocycles.